The van der Waals surface area contributed by atoms with E-state index in [0.29, 0.717) is 30.2 Å². The van der Waals surface area contributed by atoms with Gasteiger partial charge in [-0.05, 0) is 36.8 Å². The number of amides is 1. The van der Waals surface area contributed by atoms with E-state index in [0.717, 1.165) is 6.42 Å². The fourth-order valence-corrected chi connectivity index (χ4v) is 3.10. The Bertz CT molecular complexity index is 908. The maximum atomic E-state index is 12.6. The summed E-state index contributed by atoms with van der Waals surface area (Å²) in [6.07, 6.45) is 1.20. The fraction of sp³-hybridized carbons (Fsp3) is 0.286. The van der Waals surface area contributed by atoms with Gasteiger partial charge in [-0.1, -0.05) is 12.1 Å². The normalized spacial score (nSPS) is 13.4. The molecule has 1 fully saturated rings. The van der Waals surface area contributed by atoms with E-state index >= 15 is 0 Å². The number of ether oxygens (including phenoxy) is 3. The number of carbonyl (C=O) groups is 3. The first kappa shape index (κ1) is 19.4. The standard InChI is InChI=1S/C21H21NO6/c1-26-14-9-10-19(27-2)16(12-14)18(23)13-28-21(25)15-6-3-4-7-17(15)22-11-5-8-20(22)24/h3-4,6-7,9-10,12H,5,8,11,13H2,1-2H3. The zero-order valence-corrected chi connectivity index (χ0v) is 15.8. The lowest BCUT2D eigenvalue weighted by Gasteiger charge is -2.18. The molecule has 0 unspecified atom stereocenters. The summed E-state index contributed by atoms with van der Waals surface area (Å²) in [7, 11) is 2.95. The highest BCUT2D eigenvalue weighted by Gasteiger charge is 2.26. The van der Waals surface area contributed by atoms with Gasteiger partial charge in [-0.25, -0.2) is 4.79 Å². The molecular formula is C21H21NO6. The molecule has 1 amide bonds. The smallest absolute Gasteiger partial charge is 0.340 e. The van der Waals surface area contributed by atoms with Gasteiger partial charge in [-0.3, -0.25) is 9.59 Å². The molecule has 0 bridgehead atoms. The second-order valence-corrected chi connectivity index (χ2v) is 6.23. The number of esters is 1. The van der Waals surface area contributed by atoms with Crippen LogP contribution in [-0.2, 0) is 9.53 Å². The number of rotatable bonds is 7. The first-order valence-corrected chi connectivity index (χ1v) is 8.87. The largest absolute Gasteiger partial charge is 0.497 e. The van der Waals surface area contributed by atoms with Crippen molar-refractivity contribution >= 4 is 23.3 Å². The van der Waals surface area contributed by atoms with Crippen LogP contribution >= 0.6 is 0 Å². The third-order valence-corrected chi connectivity index (χ3v) is 4.53. The lowest BCUT2D eigenvalue weighted by atomic mass is 10.1. The summed E-state index contributed by atoms with van der Waals surface area (Å²) in [5.74, 6) is -0.250. The molecule has 7 nitrogen and oxygen atoms in total. The first-order valence-electron chi connectivity index (χ1n) is 8.87. The van der Waals surface area contributed by atoms with Crippen LogP contribution in [0.25, 0.3) is 0 Å². The summed E-state index contributed by atoms with van der Waals surface area (Å²) in [6, 6.07) is 11.5. The molecule has 0 spiro atoms. The molecule has 1 aliphatic rings. The zero-order chi connectivity index (χ0) is 20.1. The summed E-state index contributed by atoms with van der Waals surface area (Å²) in [4.78, 5) is 38.7. The monoisotopic (exact) mass is 383 g/mol. The Kier molecular flexibility index (Phi) is 5.93. The predicted molar refractivity (Wildman–Crippen MR) is 102 cm³/mol. The highest BCUT2D eigenvalue weighted by atomic mass is 16.5. The Labute approximate surface area is 162 Å². The van der Waals surface area contributed by atoms with Crippen molar-refractivity contribution < 1.29 is 28.6 Å². The number of hydrogen-bond donors (Lipinski definition) is 0. The van der Waals surface area contributed by atoms with Crippen molar-refractivity contribution in [1.82, 2.24) is 0 Å². The summed E-state index contributed by atoms with van der Waals surface area (Å²) in [6.45, 7) is 0.105. The average molecular weight is 383 g/mol. The van der Waals surface area contributed by atoms with Gasteiger partial charge in [-0.2, -0.15) is 0 Å². The molecule has 7 heteroatoms. The SMILES string of the molecule is COc1ccc(OC)c(C(=O)COC(=O)c2ccccc2N2CCCC2=O)c1. The van der Waals surface area contributed by atoms with E-state index < -0.39 is 18.4 Å². The van der Waals surface area contributed by atoms with E-state index in [4.69, 9.17) is 14.2 Å². The van der Waals surface area contributed by atoms with Crippen molar-refractivity contribution in [3.05, 3.63) is 53.6 Å². The van der Waals surface area contributed by atoms with E-state index in [1.807, 2.05) is 0 Å². The summed E-state index contributed by atoms with van der Waals surface area (Å²) in [5, 5.41) is 0. The number of ketones is 1. The number of methoxy groups -OCH3 is 2. The molecule has 1 aliphatic heterocycles. The van der Waals surface area contributed by atoms with Crippen LogP contribution in [0, 0.1) is 0 Å². The van der Waals surface area contributed by atoms with Crippen LogP contribution in [0.4, 0.5) is 5.69 Å². The van der Waals surface area contributed by atoms with Crippen LogP contribution in [0.1, 0.15) is 33.6 Å². The van der Waals surface area contributed by atoms with Gasteiger partial charge in [0, 0.05) is 13.0 Å². The van der Waals surface area contributed by atoms with Crippen LogP contribution in [-0.4, -0.2) is 45.0 Å². The molecule has 0 radical (unpaired) electrons. The highest BCUT2D eigenvalue weighted by Crippen LogP contribution is 2.27. The number of carbonyl (C=O) groups excluding carboxylic acids is 3. The molecule has 0 aliphatic carbocycles. The summed E-state index contributed by atoms with van der Waals surface area (Å²) < 4.78 is 15.6. The molecule has 28 heavy (non-hydrogen) atoms. The summed E-state index contributed by atoms with van der Waals surface area (Å²) >= 11 is 0. The Morgan fingerprint density at radius 2 is 1.82 bits per heavy atom. The van der Waals surface area contributed by atoms with Crippen molar-refractivity contribution in [2.45, 2.75) is 12.8 Å². The molecule has 3 rings (SSSR count). The summed E-state index contributed by atoms with van der Waals surface area (Å²) in [5.41, 5.74) is 1.02. The van der Waals surface area contributed by atoms with E-state index in [9.17, 15) is 14.4 Å². The van der Waals surface area contributed by atoms with E-state index in [1.54, 1.807) is 41.3 Å². The Balaban J connectivity index is 1.75. The second-order valence-electron chi connectivity index (χ2n) is 6.23. The van der Waals surface area contributed by atoms with Crippen molar-refractivity contribution in [2.75, 3.05) is 32.3 Å². The average Bonchev–Trinajstić information content (AvgIpc) is 3.16. The lowest BCUT2D eigenvalue weighted by Crippen LogP contribution is -2.26. The minimum absolute atomic E-state index is 0.0301. The zero-order valence-electron chi connectivity index (χ0n) is 15.8. The number of benzene rings is 2. The highest BCUT2D eigenvalue weighted by molar-refractivity contribution is 6.05. The Morgan fingerprint density at radius 3 is 2.50 bits per heavy atom. The van der Waals surface area contributed by atoms with E-state index in [1.165, 1.54) is 20.3 Å². The number of anilines is 1. The van der Waals surface area contributed by atoms with E-state index in [2.05, 4.69) is 0 Å². The van der Waals surface area contributed by atoms with Gasteiger partial charge in [0.25, 0.3) is 0 Å². The molecule has 1 saturated heterocycles. The van der Waals surface area contributed by atoms with Gasteiger partial charge in [0.2, 0.25) is 11.7 Å². The molecule has 0 N–H and O–H groups in total. The van der Waals surface area contributed by atoms with Gasteiger partial charge < -0.3 is 19.1 Å². The van der Waals surface area contributed by atoms with Crippen molar-refractivity contribution in [2.24, 2.45) is 0 Å². The van der Waals surface area contributed by atoms with Crippen LogP contribution < -0.4 is 14.4 Å². The fourth-order valence-electron chi connectivity index (χ4n) is 3.10. The number of nitrogens with zero attached hydrogens (tertiary/aromatic N) is 1. The van der Waals surface area contributed by atoms with Crippen molar-refractivity contribution in [1.29, 1.82) is 0 Å². The Morgan fingerprint density at radius 1 is 1.04 bits per heavy atom. The molecule has 2 aromatic carbocycles. The molecule has 0 saturated carbocycles. The number of Topliss-reactive ketones (excluding diaryl/α,β-unsaturated/α-hetero) is 1. The molecule has 1 heterocycles. The molecular weight excluding hydrogens is 362 g/mol. The quantitative estimate of drug-likeness (QED) is 0.540. The third kappa shape index (κ3) is 3.98. The van der Waals surface area contributed by atoms with Gasteiger partial charge in [-0.15, -0.1) is 0 Å². The van der Waals surface area contributed by atoms with Crippen LogP contribution in [0.3, 0.4) is 0 Å². The maximum absolute atomic E-state index is 12.6. The van der Waals surface area contributed by atoms with E-state index in [-0.39, 0.29) is 17.0 Å². The van der Waals surface area contributed by atoms with Gasteiger partial charge in [0.1, 0.15) is 11.5 Å². The molecule has 0 aromatic heterocycles. The van der Waals surface area contributed by atoms with Crippen LogP contribution in [0.5, 0.6) is 11.5 Å². The predicted octanol–water partition coefficient (Wildman–Crippen LogP) is 2.87. The minimum atomic E-state index is -0.662. The molecule has 0 atom stereocenters. The van der Waals surface area contributed by atoms with Gasteiger partial charge in [0.15, 0.2) is 6.61 Å². The second kappa shape index (κ2) is 8.56. The van der Waals surface area contributed by atoms with Gasteiger partial charge in [0.05, 0.1) is 31.0 Å². The van der Waals surface area contributed by atoms with Crippen LogP contribution in [0.2, 0.25) is 0 Å². The van der Waals surface area contributed by atoms with Crippen molar-refractivity contribution in [3.63, 3.8) is 0 Å². The third-order valence-electron chi connectivity index (χ3n) is 4.53. The molecule has 2 aromatic rings. The first-order chi connectivity index (χ1) is 13.5. The van der Waals surface area contributed by atoms with Crippen molar-refractivity contribution in [3.8, 4) is 11.5 Å². The topological polar surface area (TPSA) is 82.1 Å². The number of hydrogen-bond acceptors (Lipinski definition) is 6. The van der Waals surface area contributed by atoms with Crippen LogP contribution in [0.15, 0.2) is 42.5 Å². The Hall–Kier alpha value is -3.35. The van der Waals surface area contributed by atoms with Gasteiger partial charge >= 0.3 is 5.97 Å². The number of para-hydroxylation sites is 1. The lowest BCUT2D eigenvalue weighted by molar-refractivity contribution is -0.117. The maximum Gasteiger partial charge on any atom is 0.340 e. The minimum Gasteiger partial charge on any atom is -0.497 e. The molecule has 146 valence electrons.